The number of carboxylic acids is 1. The van der Waals surface area contributed by atoms with Crippen molar-refractivity contribution in [1.29, 1.82) is 0 Å². The zero-order valence-corrected chi connectivity index (χ0v) is 16.0. The van der Waals surface area contributed by atoms with Crippen LogP contribution in [0.15, 0.2) is 53.0 Å². The molecule has 1 unspecified atom stereocenters. The zero-order valence-electron chi connectivity index (χ0n) is 14.4. The van der Waals surface area contributed by atoms with Gasteiger partial charge in [-0.1, -0.05) is 59.3 Å². The Kier molecular flexibility index (Phi) is 4.37. The molecule has 1 aromatic heterocycles. The van der Waals surface area contributed by atoms with E-state index in [1.165, 1.54) is 0 Å². The van der Waals surface area contributed by atoms with Gasteiger partial charge in [0.25, 0.3) is 0 Å². The molecule has 0 bridgehead atoms. The number of aromatic nitrogens is 1. The molecule has 0 spiro atoms. The molecule has 1 N–H and O–H groups in total. The Morgan fingerprint density at radius 1 is 1.15 bits per heavy atom. The summed E-state index contributed by atoms with van der Waals surface area (Å²) in [6, 6.07) is 15.5. The highest BCUT2D eigenvalue weighted by Gasteiger charge is 2.27. The molecule has 0 saturated carbocycles. The van der Waals surface area contributed by atoms with E-state index in [-0.39, 0.29) is 0 Å². The van der Waals surface area contributed by atoms with Gasteiger partial charge in [0.15, 0.2) is 0 Å². The average molecular weight is 408 g/mol. The first-order valence-corrected chi connectivity index (χ1v) is 9.44. The fourth-order valence-corrected chi connectivity index (χ4v) is 4.16. The molecule has 26 heavy (non-hydrogen) atoms. The van der Waals surface area contributed by atoms with Gasteiger partial charge in [0.05, 0.1) is 16.8 Å². The van der Waals surface area contributed by atoms with Crippen LogP contribution in [-0.4, -0.2) is 16.1 Å². The molecule has 3 nitrogen and oxygen atoms in total. The fraction of sp³-hybridized carbons (Fsp3) is 0.182. The van der Waals surface area contributed by atoms with E-state index in [0.29, 0.717) is 16.9 Å². The first-order chi connectivity index (χ1) is 12.5. The topological polar surface area (TPSA) is 50.2 Å². The van der Waals surface area contributed by atoms with E-state index in [1.807, 2.05) is 42.5 Å². The standard InChI is InChI=1S/C22H18BrNO2/c1-13-10-15(12-14-6-2-4-8-18(14)23)21-17(11-13)20(22(25)26)16-7-3-5-9-19(16)24-21/h2-9,12-13H,10-11H2,1H3,(H,25,26). The molecule has 0 amide bonds. The van der Waals surface area contributed by atoms with Crippen molar-refractivity contribution in [2.45, 2.75) is 19.8 Å². The Morgan fingerprint density at radius 2 is 1.88 bits per heavy atom. The van der Waals surface area contributed by atoms with Crippen LogP contribution in [0.3, 0.4) is 0 Å². The van der Waals surface area contributed by atoms with Gasteiger partial charge >= 0.3 is 5.97 Å². The van der Waals surface area contributed by atoms with Gasteiger partial charge in [-0.15, -0.1) is 0 Å². The van der Waals surface area contributed by atoms with Crippen molar-refractivity contribution in [3.63, 3.8) is 0 Å². The summed E-state index contributed by atoms with van der Waals surface area (Å²) in [7, 11) is 0. The third kappa shape index (κ3) is 2.95. The first kappa shape index (κ1) is 17.0. The largest absolute Gasteiger partial charge is 0.478 e. The lowest BCUT2D eigenvalue weighted by Gasteiger charge is -2.26. The monoisotopic (exact) mass is 407 g/mol. The lowest BCUT2D eigenvalue weighted by atomic mass is 9.80. The molecule has 130 valence electrons. The summed E-state index contributed by atoms with van der Waals surface area (Å²) in [5, 5.41) is 10.6. The molecular formula is C22H18BrNO2. The van der Waals surface area contributed by atoms with Crippen molar-refractivity contribution in [2.75, 3.05) is 0 Å². The van der Waals surface area contributed by atoms with Crippen LogP contribution < -0.4 is 0 Å². The molecule has 0 aliphatic heterocycles. The predicted octanol–water partition coefficient (Wildman–Crippen LogP) is 5.82. The first-order valence-electron chi connectivity index (χ1n) is 8.65. The minimum absolute atomic E-state index is 0.372. The smallest absolute Gasteiger partial charge is 0.336 e. The third-order valence-electron chi connectivity index (χ3n) is 4.87. The predicted molar refractivity (Wildman–Crippen MR) is 108 cm³/mol. The molecule has 1 aliphatic carbocycles. The second kappa shape index (κ2) is 6.69. The molecule has 4 heteroatoms. The third-order valence-corrected chi connectivity index (χ3v) is 5.59. The number of carbonyl (C=O) groups is 1. The highest BCUT2D eigenvalue weighted by atomic mass is 79.9. The number of allylic oxidation sites excluding steroid dienone is 1. The summed E-state index contributed by atoms with van der Waals surface area (Å²) in [6.45, 7) is 2.16. The van der Waals surface area contributed by atoms with Crippen molar-refractivity contribution in [2.24, 2.45) is 5.92 Å². The number of carboxylic acid groups (broad SMARTS) is 1. The van der Waals surface area contributed by atoms with Crippen molar-refractivity contribution < 1.29 is 9.90 Å². The number of halogens is 1. The Bertz CT molecular complexity index is 1060. The van der Waals surface area contributed by atoms with Gasteiger partial charge in [-0.05, 0) is 53.7 Å². The van der Waals surface area contributed by atoms with Crippen LogP contribution in [0.1, 0.15) is 40.5 Å². The number of nitrogens with zero attached hydrogens (tertiary/aromatic N) is 1. The molecule has 1 aliphatic rings. The van der Waals surface area contributed by atoms with Crippen LogP contribution in [0.25, 0.3) is 22.6 Å². The Hall–Kier alpha value is -2.46. The van der Waals surface area contributed by atoms with E-state index in [0.717, 1.165) is 45.2 Å². The van der Waals surface area contributed by atoms with Crippen LogP contribution in [0.4, 0.5) is 0 Å². The molecule has 0 radical (unpaired) electrons. The number of fused-ring (bicyclic) bond motifs is 2. The van der Waals surface area contributed by atoms with E-state index < -0.39 is 5.97 Å². The van der Waals surface area contributed by atoms with Gasteiger partial charge in [0.2, 0.25) is 0 Å². The van der Waals surface area contributed by atoms with Gasteiger partial charge < -0.3 is 5.11 Å². The molecule has 2 aromatic carbocycles. The molecule has 1 heterocycles. The van der Waals surface area contributed by atoms with Crippen LogP contribution in [0.2, 0.25) is 0 Å². The lowest BCUT2D eigenvalue weighted by molar-refractivity contribution is 0.0697. The van der Waals surface area contributed by atoms with Crippen molar-refractivity contribution >= 4 is 44.5 Å². The van der Waals surface area contributed by atoms with Crippen LogP contribution >= 0.6 is 15.9 Å². The summed E-state index contributed by atoms with van der Waals surface area (Å²) in [4.78, 5) is 16.9. The molecule has 1 atom stereocenters. The Morgan fingerprint density at radius 3 is 2.65 bits per heavy atom. The quantitative estimate of drug-likeness (QED) is 0.582. The molecule has 0 saturated heterocycles. The lowest BCUT2D eigenvalue weighted by Crippen LogP contribution is -2.17. The van der Waals surface area contributed by atoms with Gasteiger partial charge in [0, 0.05) is 9.86 Å². The number of aromatic carboxylic acids is 1. The maximum Gasteiger partial charge on any atom is 0.336 e. The van der Waals surface area contributed by atoms with Crippen molar-refractivity contribution in [1.82, 2.24) is 4.98 Å². The van der Waals surface area contributed by atoms with E-state index in [4.69, 9.17) is 4.98 Å². The summed E-state index contributed by atoms with van der Waals surface area (Å²) < 4.78 is 1.02. The van der Waals surface area contributed by atoms with Crippen LogP contribution in [0.5, 0.6) is 0 Å². The van der Waals surface area contributed by atoms with E-state index in [2.05, 4.69) is 35.0 Å². The van der Waals surface area contributed by atoms with E-state index in [9.17, 15) is 9.90 Å². The minimum atomic E-state index is -0.880. The van der Waals surface area contributed by atoms with Gasteiger partial charge in [0.1, 0.15) is 0 Å². The van der Waals surface area contributed by atoms with Crippen molar-refractivity contribution in [3.8, 4) is 0 Å². The van der Waals surface area contributed by atoms with Crippen LogP contribution in [0, 0.1) is 5.92 Å². The number of rotatable bonds is 2. The normalized spacial score (nSPS) is 18.1. The van der Waals surface area contributed by atoms with Gasteiger partial charge in [-0.3, -0.25) is 0 Å². The SMILES string of the molecule is CC1CC(=Cc2ccccc2Br)c2nc3ccccc3c(C(=O)O)c2C1. The van der Waals surface area contributed by atoms with E-state index >= 15 is 0 Å². The Labute approximate surface area is 160 Å². The van der Waals surface area contributed by atoms with Crippen molar-refractivity contribution in [3.05, 3.63) is 75.4 Å². The summed E-state index contributed by atoms with van der Waals surface area (Å²) in [5.74, 6) is -0.508. The molecular weight excluding hydrogens is 390 g/mol. The number of para-hydroxylation sites is 1. The summed E-state index contributed by atoms with van der Waals surface area (Å²) >= 11 is 3.60. The van der Waals surface area contributed by atoms with Gasteiger partial charge in [-0.25, -0.2) is 9.78 Å². The summed E-state index contributed by atoms with van der Waals surface area (Å²) in [5.41, 5.74) is 4.99. The van der Waals surface area contributed by atoms with Crippen LogP contribution in [-0.2, 0) is 6.42 Å². The number of benzene rings is 2. The number of pyridine rings is 1. The number of hydrogen-bond acceptors (Lipinski definition) is 2. The molecule has 3 aromatic rings. The number of hydrogen-bond donors (Lipinski definition) is 1. The summed E-state index contributed by atoms with van der Waals surface area (Å²) in [6.07, 6.45) is 3.76. The second-order valence-electron chi connectivity index (χ2n) is 6.84. The Balaban J connectivity index is 2.01. The van der Waals surface area contributed by atoms with Gasteiger partial charge in [-0.2, -0.15) is 0 Å². The highest BCUT2D eigenvalue weighted by Crippen LogP contribution is 2.39. The zero-order chi connectivity index (χ0) is 18.3. The second-order valence-corrected chi connectivity index (χ2v) is 7.70. The maximum atomic E-state index is 12.1. The molecule has 4 rings (SSSR count). The minimum Gasteiger partial charge on any atom is -0.478 e. The fourth-order valence-electron chi connectivity index (χ4n) is 3.76. The highest BCUT2D eigenvalue weighted by molar-refractivity contribution is 9.10. The average Bonchev–Trinajstić information content (AvgIpc) is 2.61. The molecule has 0 fully saturated rings. The van der Waals surface area contributed by atoms with E-state index in [1.54, 1.807) is 0 Å². The maximum absolute atomic E-state index is 12.1.